The van der Waals surface area contributed by atoms with E-state index >= 15 is 0 Å². The number of fused-ring (bicyclic) bond motifs is 5. The lowest BCUT2D eigenvalue weighted by Crippen LogP contribution is -2.68. The van der Waals surface area contributed by atoms with Gasteiger partial charge in [-0.2, -0.15) is 0 Å². The van der Waals surface area contributed by atoms with Gasteiger partial charge in [-0.15, -0.1) is 0 Å². The molecule has 5 rings (SSSR count). The number of benzene rings is 2. The zero-order valence-corrected chi connectivity index (χ0v) is 16.3. The van der Waals surface area contributed by atoms with Crippen LogP contribution in [0.3, 0.4) is 0 Å². The molecular weight excluding hydrogens is 368 g/mol. The van der Waals surface area contributed by atoms with Gasteiger partial charge in [0.2, 0.25) is 5.91 Å². The molecule has 0 saturated carbocycles. The lowest BCUT2D eigenvalue weighted by Gasteiger charge is -2.50. The summed E-state index contributed by atoms with van der Waals surface area (Å²) in [5.74, 6) is 6.07. The first-order valence-electron chi connectivity index (χ1n) is 9.58. The van der Waals surface area contributed by atoms with E-state index < -0.39 is 5.54 Å². The molecule has 148 valence electrons. The number of nitrogens with zero attached hydrogens (tertiary/aromatic N) is 2. The summed E-state index contributed by atoms with van der Waals surface area (Å²) in [6.45, 7) is 2.03. The maximum atomic E-state index is 13.2. The van der Waals surface area contributed by atoms with Crippen LogP contribution in [0.15, 0.2) is 48.5 Å². The zero-order valence-electron chi connectivity index (χ0n) is 16.3. The average molecular weight is 390 g/mol. The number of para-hydroxylation sites is 2. The smallest absolute Gasteiger partial charge is 0.268 e. The van der Waals surface area contributed by atoms with E-state index in [9.17, 15) is 9.59 Å². The molecule has 1 saturated heterocycles. The predicted molar refractivity (Wildman–Crippen MR) is 108 cm³/mol. The number of hydrogen-bond donors (Lipinski definition) is 2. The highest BCUT2D eigenvalue weighted by Gasteiger charge is 2.56. The lowest BCUT2D eigenvalue weighted by atomic mass is 9.76. The maximum absolute atomic E-state index is 13.2. The Morgan fingerprint density at radius 3 is 2.66 bits per heavy atom. The second kappa shape index (κ2) is 6.09. The second-order valence-corrected chi connectivity index (χ2v) is 7.76. The Kier molecular flexibility index (Phi) is 3.73. The molecule has 2 aliphatic rings. The van der Waals surface area contributed by atoms with E-state index in [1.165, 1.54) is 0 Å². The fourth-order valence-electron chi connectivity index (χ4n) is 4.87. The van der Waals surface area contributed by atoms with Crippen molar-refractivity contribution in [2.24, 2.45) is 5.84 Å². The topological polar surface area (TPSA) is 91.7 Å². The molecule has 2 atom stereocenters. The number of hydrazine groups is 1. The van der Waals surface area contributed by atoms with Crippen LogP contribution in [0.4, 0.5) is 0 Å². The van der Waals surface area contributed by atoms with Gasteiger partial charge in [-0.3, -0.25) is 14.6 Å². The number of piperazine rings is 1. The minimum atomic E-state index is -1.17. The fraction of sp³-hybridized carbons (Fsp3) is 0.273. The molecule has 1 unspecified atom stereocenters. The van der Waals surface area contributed by atoms with E-state index in [1.54, 1.807) is 18.9 Å². The molecule has 0 aliphatic carbocycles. The molecule has 0 radical (unpaired) electrons. The minimum absolute atomic E-state index is 0.122. The monoisotopic (exact) mass is 390 g/mol. The Bertz CT molecular complexity index is 1150. The molecule has 3 aromatic rings. The molecular formula is C22H22N4O3. The van der Waals surface area contributed by atoms with E-state index in [2.05, 4.69) is 4.98 Å². The Balaban J connectivity index is 1.83. The highest BCUT2D eigenvalue weighted by atomic mass is 16.5. The summed E-state index contributed by atoms with van der Waals surface area (Å²) in [5, 5.41) is 2.06. The average Bonchev–Trinajstić information content (AvgIpc) is 3.13. The number of aromatic amines is 1. The molecule has 0 spiro atoms. The van der Waals surface area contributed by atoms with Gasteiger partial charge in [-0.25, -0.2) is 5.84 Å². The highest BCUT2D eigenvalue weighted by Crippen LogP contribution is 2.49. The number of ether oxygens (including phenoxy) is 1. The van der Waals surface area contributed by atoms with Gasteiger partial charge in [0.05, 0.1) is 12.8 Å². The maximum Gasteiger partial charge on any atom is 0.268 e. The van der Waals surface area contributed by atoms with E-state index in [1.807, 2.05) is 48.5 Å². The van der Waals surface area contributed by atoms with Gasteiger partial charge in [-0.05, 0) is 24.6 Å². The highest BCUT2D eigenvalue weighted by molar-refractivity contribution is 6.01. The van der Waals surface area contributed by atoms with Crippen molar-refractivity contribution >= 4 is 22.7 Å². The van der Waals surface area contributed by atoms with E-state index in [0.29, 0.717) is 12.2 Å². The van der Waals surface area contributed by atoms with Crippen LogP contribution in [0.2, 0.25) is 0 Å². The van der Waals surface area contributed by atoms with Crippen molar-refractivity contribution in [1.82, 2.24) is 14.9 Å². The summed E-state index contributed by atoms with van der Waals surface area (Å²) in [6, 6.07) is 15.8. The number of hydrogen-bond acceptors (Lipinski definition) is 4. The van der Waals surface area contributed by atoms with Gasteiger partial charge in [0, 0.05) is 28.9 Å². The third-order valence-electron chi connectivity index (χ3n) is 6.28. The molecule has 1 fully saturated rings. The standard InChI is InChI=1S/C22H22N4O3/c1-22-20-19(14-8-3-5-9-16(14)24-20)15(13-7-4-6-10-17(13)29-2)11-25(22)18(27)12-26(23)21(22)28/h3-10,15,24H,11-12,23H2,1-2H3/t15?,22-/m0/s1. The molecule has 3 N–H and O–H groups in total. The molecule has 29 heavy (non-hydrogen) atoms. The SMILES string of the molecule is COc1ccccc1C1CN2C(=O)CN(N)C(=O)[C@]2(C)c2[nH]c3ccccc3c21. The summed E-state index contributed by atoms with van der Waals surface area (Å²) in [5.41, 5.74) is 2.47. The Hall–Kier alpha value is -3.32. The van der Waals surface area contributed by atoms with Gasteiger partial charge >= 0.3 is 0 Å². The summed E-state index contributed by atoms with van der Waals surface area (Å²) in [4.78, 5) is 31.2. The normalized spacial score (nSPS) is 23.9. The zero-order chi connectivity index (χ0) is 20.3. The number of methoxy groups -OCH3 is 1. The largest absolute Gasteiger partial charge is 0.496 e. The Morgan fingerprint density at radius 2 is 1.86 bits per heavy atom. The number of carbonyl (C=O) groups excluding carboxylic acids is 2. The van der Waals surface area contributed by atoms with E-state index in [4.69, 9.17) is 10.6 Å². The predicted octanol–water partition coefficient (Wildman–Crippen LogP) is 2.08. The van der Waals surface area contributed by atoms with Gasteiger partial charge in [-0.1, -0.05) is 36.4 Å². The Morgan fingerprint density at radius 1 is 1.14 bits per heavy atom. The molecule has 7 heteroatoms. The number of H-pyrrole nitrogens is 1. The van der Waals surface area contributed by atoms with Crippen molar-refractivity contribution in [3.63, 3.8) is 0 Å². The van der Waals surface area contributed by atoms with Crippen molar-refractivity contribution in [1.29, 1.82) is 0 Å². The van der Waals surface area contributed by atoms with Crippen LogP contribution >= 0.6 is 0 Å². The number of amides is 2. The van der Waals surface area contributed by atoms with Crippen molar-refractivity contribution in [2.75, 3.05) is 20.2 Å². The summed E-state index contributed by atoms with van der Waals surface area (Å²) < 4.78 is 5.62. The van der Waals surface area contributed by atoms with Gasteiger partial charge in [0.25, 0.3) is 5.91 Å². The van der Waals surface area contributed by atoms with E-state index in [0.717, 1.165) is 32.8 Å². The van der Waals surface area contributed by atoms with Gasteiger partial charge in [0.15, 0.2) is 5.54 Å². The van der Waals surface area contributed by atoms with Crippen LogP contribution in [0, 0.1) is 0 Å². The fourth-order valence-corrected chi connectivity index (χ4v) is 4.87. The van der Waals surface area contributed by atoms with Crippen LogP contribution in [0.1, 0.15) is 29.7 Å². The number of rotatable bonds is 2. The molecule has 3 heterocycles. The minimum Gasteiger partial charge on any atom is -0.496 e. The first kappa shape index (κ1) is 17.8. The quantitative estimate of drug-likeness (QED) is 0.518. The van der Waals surface area contributed by atoms with Crippen LogP contribution in [0.25, 0.3) is 10.9 Å². The van der Waals surface area contributed by atoms with Crippen LogP contribution in [0.5, 0.6) is 5.75 Å². The summed E-state index contributed by atoms with van der Waals surface area (Å²) in [6.07, 6.45) is 0. The molecule has 2 aromatic carbocycles. The number of nitrogens with two attached hydrogens (primary N) is 1. The lowest BCUT2D eigenvalue weighted by molar-refractivity contribution is -0.166. The molecule has 0 bridgehead atoms. The summed E-state index contributed by atoms with van der Waals surface area (Å²) in [7, 11) is 1.64. The molecule has 1 aromatic heterocycles. The van der Waals surface area contributed by atoms with Crippen LogP contribution in [-0.4, -0.2) is 46.9 Å². The second-order valence-electron chi connectivity index (χ2n) is 7.76. The van der Waals surface area contributed by atoms with Crippen LogP contribution < -0.4 is 10.6 Å². The van der Waals surface area contributed by atoms with Crippen molar-refractivity contribution in [2.45, 2.75) is 18.4 Å². The molecule has 7 nitrogen and oxygen atoms in total. The van der Waals surface area contributed by atoms with Crippen molar-refractivity contribution in [3.8, 4) is 5.75 Å². The first-order valence-corrected chi connectivity index (χ1v) is 9.58. The van der Waals surface area contributed by atoms with E-state index in [-0.39, 0.29) is 24.3 Å². The number of nitrogens with one attached hydrogen (secondary N) is 1. The molecule has 2 aliphatic heterocycles. The third kappa shape index (κ3) is 2.28. The van der Waals surface area contributed by atoms with Crippen molar-refractivity contribution < 1.29 is 14.3 Å². The first-order chi connectivity index (χ1) is 14.0. The Labute approximate surface area is 168 Å². The van der Waals surface area contributed by atoms with Gasteiger partial charge < -0.3 is 14.6 Å². The number of aromatic nitrogens is 1. The third-order valence-corrected chi connectivity index (χ3v) is 6.28. The van der Waals surface area contributed by atoms with Gasteiger partial charge in [0.1, 0.15) is 12.3 Å². The molecule has 2 amide bonds. The van der Waals surface area contributed by atoms with Crippen molar-refractivity contribution in [3.05, 3.63) is 65.4 Å². The van der Waals surface area contributed by atoms with Crippen LogP contribution in [-0.2, 0) is 15.1 Å². The summed E-state index contributed by atoms with van der Waals surface area (Å²) >= 11 is 0. The number of carbonyl (C=O) groups is 2.